The first kappa shape index (κ1) is 12.7. The maximum absolute atomic E-state index is 9.93. The van der Waals surface area contributed by atoms with Crippen LogP contribution in [-0.4, -0.2) is 29.3 Å². The molecule has 0 aromatic carbocycles. The second kappa shape index (κ2) is 5.09. The van der Waals surface area contributed by atoms with Gasteiger partial charge in [-0.1, -0.05) is 0 Å². The highest BCUT2D eigenvalue weighted by Crippen LogP contribution is 2.29. The van der Waals surface area contributed by atoms with Gasteiger partial charge in [-0.3, -0.25) is 4.98 Å². The van der Waals surface area contributed by atoms with Crippen LogP contribution in [-0.2, 0) is 6.54 Å². The molecule has 6 heteroatoms. The van der Waals surface area contributed by atoms with Crippen LogP contribution in [0.3, 0.4) is 0 Å². The van der Waals surface area contributed by atoms with Gasteiger partial charge in [-0.05, 0) is 26.2 Å². The van der Waals surface area contributed by atoms with E-state index in [1.54, 1.807) is 32.1 Å². The molecule has 0 saturated carbocycles. The minimum Gasteiger partial charge on any atom is -0.506 e. The molecule has 0 aliphatic heterocycles. The number of nitrogens with zero attached hydrogens (tertiary/aromatic N) is 2. The van der Waals surface area contributed by atoms with Crippen molar-refractivity contribution in [1.29, 1.82) is 0 Å². The summed E-state index contributed by atoms with van der Waals surface area (Å²) >= 11 is 4.89. The first-order chi connectivity index (χ1) is 7.49. The zero-order chi connectivity index (χ0) is 12.3. The van der Waals surface area contributed by atoms with Gasteiger partial charge in [-0.2, -0.15) is 0 Å². The maximum Gasteiger partial charge on any atom is 0.170 e. The summed E-state index contributed by atoms with van der Waals surface area (Å²) in [6, 6.07) is 0. The van der Waals surface area contributed by atoms with E-state index in [0.29, 0.717) is 17.9 Å². The molecule has 16 heavy (non-hydrogen) atoms. The fourth-order valence-corrected chi connectivity index (χ4v) is 1.49. The zero-order valence-corrected chi connectivity index (χ0v) is 10.4. The maximum atomic E-state index is 9.93. The van der Waals surface area contributed by atoms with Crippen LogP contribution in [0.4, 0.5) is 5.69 Å². The van der Waals surface area contributed by atoms with E-state index < -0.39 is 0 Å². The first-order valence-corrected chi connectivity index (χ1v) is 5.25. The lowest BCUT2D eigenvalue weighted by atomic mass is 10.1. The molecule has 1 heterocycles. The van der Waals surface area contributed by atoms with Crippen molar-refractivity contribution in [3.05, 3.63) is 17.5 Å². The van der Waals surface area contributed by atoms with Crippen molar-refractivity contribution in [2.45, 2.75) is 13.5 Å². The topological polar surface area (TPSA) is 74.4 Å². The van der Waals surface area contributed by atoms with E-state index in [4.69, 9.17) is 18.0 Å². The second-order valence-corrected chi connectivity index (χ2v) is 3.90. The smallest absolute Gasteiger partial charge is 0.170 e. The van der Waals surface area contributed by atoms with Crippen molar-refractivity contribution in [1.82, 2.24) is 10.3 Å². The van der Waals surface area contributed by atoms with Crippen LogP contribution in [0.5, 0.6) is 5.75 Å². The summed E-state index contributed by atoms with van der Waals surface area (Å²) in [7, 11) is 3.55. The Balaban J connectivity index is 3.27. The first-order valence-electron chi connectivity index (χ1n) is 4.84. The van der Waals surface area contributed by atoms with E-state index >= 15 is 0 Å². The van der Waals surface area contributed by atoms with Crippen molar-refractivity contribution in [3.8, 4) is 5.75 Å². The Labute approximate surface area is 100 Å². The van der Waals surface area contributed by atoms with Gasteiger partial charge in [0.2, 0.25) is 0 Å². The molecule has 88 valence electrons. The number of aromatic hydroxyl groups is 1. The van der Waals surface area contributed by atoms with E-state index in [1.807, 2.05) is 0 Å². The molecule has 1 rings (SSSR count). The van der Waals surface area contributed by atoms with E-state index in [1.165, 1.54) is 0 Å². The predicted octanol–water partition coefficient (Wildman–Crippen LogP) is 0.495. The largest absolute Gasteiger partial charge is 0.506 e. The minimum atomic E-state index is 0.176. The average molecular weight is 240 g/mol. The van der Waals surface area contributed by atoms with E-state index in [9.17, 15) is 5.11 Å². The fraction of sp³-hybridized carbons (Fsp3) is 0.400. The Morgan fingerprint density at radius 1 is 1.69 bits per heavy atom. The molecule has 0 radical (unpaired) electrons. The van der Waals surface area contributed by atoms with Gasteiger partial charge in [0.05, 0.1) is 17.6 Å². The van der Waals surface area contributed by atoms with Crippen molar-refractivity contribution in [2.24, 2.45) is 5.73 Å². The van der Waals surface area contributed by atoms with Gasteiger partial charge in [0.15, 0.2) is 5.11 Å². The quantitative estimate of drug-likeness (QED) is 0.668. The Morgan fingerprint density at radius 3 is 2.81 bits per heavy atom. The third kappa shape index (κ3) is 2.40. The van der Waals surface area contributed by atoms with Gasteiger partial charge in [0.1, 0.15) is 5.75 Å². The second-order valence-electron chi connectivity index (χ2n) is 3.48. The Bertz CT molecular complexity index is 408. The van der Waals surface area contributed by atoms with E-state index in [-0.39, 0.29) is 10.9 Å². The highest BCUT2D eigenvalue weighted by Gasteiger charge is 2.15. The number of aromatic nitrogens is 1. The van der Waals surface area contributed by atoms with Gasteiger partial charge in [-0.25, -0.2) is 0 Å². The summed E-state index contributed by atoms with van der Waals surface area (Å²) in [6.07, 6.45) is 1.65. The summed E-state index contributed by atoms with van der Waals surface area (Å²) < 4.78 is 0. The molecule has 0 saturated heterocycles. The van der Waals surface area contributed by atoms with Crippen LogP contribution >= 0.6 is 12.2 Å². The standard InChI is InChI=1S/C10H16N4OS/c1-6-9(15)7(4-12-2)8(5-13-6)14(3)10(11)16/h5,12,15H,4H2,1-3H3,(H2,11,16). The van der Waals surface area contributed by atoms with Crippen LogP contribution in [0, 0.1) is 6.92 Å². The predicted molar refractivity (Wildman–Crippen MR) is 68.6 cm³/mol. The number of pyridine rings is 1. The molecule has 4 N–H and O–H groups in total. The van der Waals surface area contributed by atoms with Crippen molar-refractivity contribution >= 4 is 23.0 Å². The summed E-state index contributed by atoms with van der Waals surface area (Å²) in [5, 5.41) is 13.2. The molecule has 0 atom stereocenters. The third-order valence-corrected chi connectivity index (χ3v) is 2.64. The summed E-state index contributed by atoms with van der Waals surface area (Å²) in [4.78, 5) is 5.71. The molecular formula is C10H16N4OS. The lowest BCUT2D eigenvalue weighted by Crippen LogP contribution is -2.32. The Kier molecular flexibility index (Phi) is 4.03. The molecule has 1 aromatic rings. The van der Waals surface area contributed by atoms with Gasteiger partial charge >= 0.3 is 0 Å². The van der Waals surface area contributed by atoms with Crippen LogP contribution < -0.4 is 16.0 Å². The van der Waals surface area contributed by atoms with Crippen molar-refractivity contribution < 1.29 is 5.11 Å². The van der Waals surface area contributed by atoms with Gasteiger partial charge < -0.3 is 21.1 Å². The third-order valence-electron chi connectivity index (χ3n) is 2.36. The van der Waals surface area contributed by atoms with Gasteiger partial charge in [0.25, 0.3) is 0 Å². The van der Waals surface area contributed by atoms with Crippen LogP contribution in [0.15, 0.2) is 6.20 Å². The number of anilines is 1. The molecule has 0 amide bonds. The Hall–Kier alpha value is -1.40. The minimum absolute atomic E-state index is 0.176. The van der Waals surface area contributed by atoms with Crippen LogP contribution in [0.25, 0.3) is 0 Å². The number of aryl methyl sites for hydroxylation is 1. The highest BCUT2D eigenvalue weighted by atomic mass is 32.1. The molecule has 0 spiro atoms. The molecule has 0 aliphatic rings. The molecule has 1 aromatic heterocycles. The summed E-state index contributed by atoms with van der Waals surface area (Å²) in [5.74, 6) is 0.176. The number of rotatable bonds is 3. The van der Waals surface area contributed by atoms with E-state index in [0.717, 1.165) is 5.56 Å². The van der Waals surface area contributed by atoms with Crippen LogP contribution in [0.2, 0.25) is 0 Å². The van der Waals surface area contributed by atoms with Crippen LogP contribution in [0.1, 0.15) is 11.3 Å². The molecular weight excluding hydrogens is 224 g/mol. The van der Waals surface area contributed by atoms with E-state index in [2.05, 4.69) is 10.3 Å². The lowest BCUT2D eigenvalue weighted by Gasteiger charge is -2.21. The molecule has 0 fully saturated rings. The van der Waals surface area contributed by atoms with Gasteiger partial charge in [-0.15, -0.1) is 0 Å². The van der Waals surface area contributed by atoms with Crippen molar-refractivity contribution in [2.75, 3.05) is 19.0 Å². The summed E-state index contributed by atoms with van der Waals surface area (Å²) in [5.41, 5.74) is 7.59. The Morgan fingerprint density at radius 2 is 2.31 bits per heavy atom. The molecule has 5 nitrogen and oxygen atoms in total. The number of hydrogen-bond donors (Lipinski definition) is 3. The fourth-order valence-electron chi connectivity index (χ4n) is 1.40. The molecule has 0 bridgehead atoms. The lowest BCUT2D eigenvalue weighted by molar-refractivity contribution is 0.458. The van der Waals surface area contributed by atoms with Crippen molar-refractivity contribution in [3.63, 3.8) is 0 Å². The average Bonchev–Trinajstić information content (AvgIpc) is 2.24. The monoisotopic (exact) mass is 240 g/mol. The molecule has 0 unspecified atom stereocenters. The number of nitrogens with one attached hydrogen (secondary N) is 1. The summed E-state index contributed by atoms with van der Waals surface area (Å²) in [6.45, 7) is 2.27. The van der Waals surface area contributed by atoms with Gasteiger partial charge in [0, 0.05) is 19.2 Å². The SMILES string of the molecule is CNCc1c(N(C)C(N)=S)cnc(C)c1O. The zero-order valence-electron chi connectivity index (χ0n) is 9.61. The number of hydrogen-bond acceptors (Lipinski definition) is 4. The number of nitrogens with two attached hydrogens (primary N) is 1. The highest BCUT2D eigenvalue weighted by molar-refractivity contribution is 7.80. The molecule has 0 aliphatic carbocycles. The normalized spacial score (nSPS) is 10.2. The number of thiocarbonyl (C=S) groups is 1.